The third-order valence-electron chi connectivity index (χ3n) is 2.70. The normalized spacial score (nSPS) is 30.6. The molecule has 0 amide bonds. The first-order valence-electron chi connectivity index (χ1n) is 5.22. The standard InChI is InChI=1S/C8H18N2O6/c1-2-3-6-4-7(15-9(11)12)8(5-6)16-10(13)14/h6-8,11-14H,2-5H2,1H3. The smallest absolute Gasteiger partial charge is 0.113 e. The van der Waals surface area contributed by atoms with Crippen LogP contribution >= 0.6 is 0 Å². The van der Waals surface area contributed by atoms with E-state index in [1.807, 2.05) is 6.92 Å². The summed E-state index contributed by atoms with van der Waals surface area (Å²) in [4.78, 5) is 9.34. The summed E-state index contributed by atoms with van der Waals surface area (Å²) in [5, 5.41) is 33.5. The molecule has 0 radical (unpaired) electrons. The van der Waals surface area contributed by atoms with Gasteiger partial charge in [0, 0.05) is 0 Å². The summed E-state index contributed by atoms with van der Waals surface area (Å²) >= 11 is 0. The first-order chi connectivity index (χ1) is 7.52. The van der Waals surface area contributed by atoms with Gasteiger partial charge in [0.25, 0.3) is 0 Å². The molecule has 16 heavy (non-hydrogen) atoms. The van der Waals surface area contributed by atoms with Crippen LogP contribution in [0, 0.1) is 5.92 Å². The van der Waals surface area contributed by atoms with E-state index in [4.69, 9.17) is 20.8 Å². The summed E-state index contributed by atoms with van der Waals surface area (Å²) in [6, 6.07) is 0. The van der Waals surface area contributed by atoms with Crippen molar-refractivity contribution in [2.24, 2.45) is 5.92 Å². The molecule has 8 nitrogen and oxygen atoms in total. The van der Waals surface area contributed by atoms with Gasteiger partial charge in [0.2, 0.25) is 0 Å². The quantitative estimate of drug-likeness (QED) is 0.507. The topological polar surface area (TPSA) is 106 Å². The van der Waals surface area contributed by atoms with Gasteiger partial charge in [-0.15, -0.1) is 0 Å². The Morgan fingerprint density at radius 1 is 1.00 bits per heavy atom. The van der Waals surface area contributed by atoms with Gasteiger partial charge >= 0.3 is 0 Å². The zero-order valence-electron chi connectivity index (χ0n) is 9.06. The van der Waals surface area contributed by atoms with E-state index in [1.54, 1.807) is 0 Å². The van der Waals surface area contributed by atoms with Crippen molar-refractivity contribution in [2.45, 2.75) is 44.8 Å². The molecule has 0 aromatic heterocycles. The first kappa shape index (κ1) is 13.7. The average Bonchev–Trinajstić information content (AvgIpc) is 2.46. The van der Waals surface area contributed by atoms with E-state index in [9.17, 15) is 0 Å². The van der Waals surface area contributed by atoms with E-state index in [-0.39, 0.29) is 10.8 Å². The fraction of sp³-hybridized carbons (Fsp3) is 1.00. The van der Waals surface area contributed by atoms with Crippen LogP contribution in [0.1, 0.15) is 32.6 Å². The van der Waals surface area contributed by atoms with Crippen molar-refractivity contribution >= 4 is 0 Å². The predicted molar refractivity (Wildman–Crippen MR) is 48.2 cm³/mol. The van der Waals surface area contributed by atoms with Gasteiger partial charge in [0.1, 0.15) is 12.2 Å². The van der Waals surface area contributed by atoms with E-state index in [0.717, 1.165) is 12.8 Å². The Bertz CT molecular complexity index is 185. The highest BCUT2D eigenvalue weighted by atomic mass is 17.1. The van der Waals surface area contributed by atoms with Crippen LogP contribution in [0.2, 0.25) is 0 Å². The molecule has 8 heteroatoms. The summed E-state index contributed by atoms with van der Waals surface area (Å²) in [6.07, 6.45) is 1.86. The molecular weight excluding hydrogens is 220 g/mol. The molecule has 0 aromatic carbocycles. The van der Waals surface area contributed by atoms with Crippen LogP contribution in [0.15, 0.2) is 0 Å². The molecule has 1 aliphatic rings. The number of rotatable bonds is 6. The maximum atomic E-state index is 8.55. The predicted octanol–water partition coefficient (Wildman–Crippen LogP) is 0.958. The van der Waals surface area contributed by atoms with Crippen LogP contribution in [-0.2, 0) is 9.68 Å². The van der Waals surface area contributed by atoms with Crippen LogP contribution in [0.25, 0.3) is 0 Å². The van der Waals surface area contributed by atoms with Gasteiger partial charge in [-0.05, 0) is 18.8 Å². The van der Waals surface area contributed by atoms with E-state index >= 15 is 0 Å². The lowest BCUT2D eigenvalue weighted by Gasteiger charge is -2.21. The Morgan fingerprint density at radius 3 is 1.75 bits per heavy atom. The average molecular weight is 238 g/mol. The van der Waals surface area contributed by atoms with E-state index in [0.29, 0.717) is 18.8 Å². The van der Waals surface area contributed by atoms with E-state index in [1.165, 1.54) is 0 Å². The molecule has 2 atom stereocenters. The lowest BCUT2D eigenvalue weighted by Crippen LogP contribution is -2.35. The van der Waals surface area contributed by atoms with Crippen molar-refractivity contribution in [2.75, 3.05) is 0 Å². The molecule has 0 aliphatic heterocycles. The summed E-state index contributed by atoms with van der Waals surface area (Å²) in [7, 11) is 0. The molecule has 2 unspecified atom stereocenters. The van der Waals surface area contributed by atoms with Gasteiger partial charge in [0.05, 0.1) is 10.8 Å². The van der Waals surface area contributed by atoms with Crippen molar-refractivity contribution < 1.29 is 30.5 Å². The second-order valence-electron chi connectivity index (χ2n) is 3.92. The molecule has 1 rings (SSSR count). The lowest BCUT2D eigenvalue weighted by atomic mass is 10.0. The Hall–Kier alpha value is -0.320. The van der Waals surface area contributed by atoms with Gasteiger partial charge in [-0.3, -0.25) is 20.8 Å². The van der Waals surface area contributed by atoms with Crippen molar-refractivity contribution in [3.05, 3.63) is 0 Å². The molecule has 1 saturated carbocycles. The number of hydrogen-bond acceptors (Lipinski definition) is 8. The minimum Gasteiger partial charge on any atom is -0.266 e. The maximum absolute atomic E-state index is 8.55. The van der Waals surface area contributed by atoms with Crippen LogP contribution in [0.3, 0.4) is 0 Å². The highest BCUT2D eigenvalue weighted by Crippen LogP contribution is 2.33. The number of nitrogens with zero attached hydrogens (tertiary/aromatic N) is 2. The van der Waals surface area contributed by atoms with Crippen molar-refractivity contribution in [3.63, 3.8) is 0 Å². The van der Waals surface area contributed by atoms with Crippen molar-refractivity contribution in [1.29, 1.82) is 0 Å². The summed E-state index contributed by atoms with van der Waals surface area (Å²) in [5.74, 6) is 0.305. The summed E-state index contributed by atoms with van der Waals surface area (Å²) in [5.41, 5.74) is 0. The Balaban J connectivity index is 2.49. The zero-order valence-corrected chi connectivity index (χ0v) is 9.06. The molecule has 0 bridgehead atoms. The van der Waals surface area contributed by atoms with Gasteiger partial charge in [-0.2, -0.15) is 0 Å². The lowest BCUT2D eigenvalue weighted by molar-refractivity contribution is -0.535. The molecule has 0 aromatic rings. The summed E-state index contributed by atoms with van der Waals surface area (Å²) in [6.45, 7) is 2.04. The number of hydrogen-bond donors (Lipinski definition) is 4. The van der Waals surface area contributed by atoms with Crippen LogP contribution in [-0.4, -0.2) is 43.8 Å². The zero-order chi connectivity index (χ0) is 12.1. The van der Waals surface area contributed by atoms with Gasteiger partial charge < -0.3 is 0 Å². The Kier molecular flexibility index (Phi) is 5.52. The fourth-order valence-corrected chi connectivity index (χ4v) is 2.16. The van der Waals surface area contributed by atoms with E-state index < -0.39 is 12.2 Å². The van der Waals surface area contributed by atoms with Gasteiger partial charge in [-0.1, -0.05) is 19.8 Å². The first-order valence-corrected chi connectivity index (χ1v) is 5.22. The minimum atomic E-state index is -0.617. The Morgan fingerprint density at radius 2 is 1.44 bits per heavy atom. The summed E-state index contributed by atoms with van der Waals surface area (Å²) < 4.78 is 0. The Labute approximate surface area is 92.9 Å². The SMILES string of the molecule is CCCC1CC(ON(O)O)C(ON(O)O)C1. The van der Waals surface area contributed by atoms with Crippen LogP contribution in [0.5, 0.6) is 0 Å². The molecule has 0 spiro atoms. The molecule has 96 valence electrons. The van der Waals surface area contributed by atoms with Crippen molar-refractivity contribution in [3.8, 4) is 0 Å². The van der Waals surface area contributed by atoms with E-state index in [2.05, 4.69) is 9.68 Å². The molecular formula is C8H18N2O6. The molecule has 0 saturated heterocycles. The molecule has 4 N–H and O–H groups in total. The van der Waals surface area contributed by atoms with Crippen LogP contribution in [0.4, 0.5) is 0 Å². The fourth-order valence-electron chi connectivity index (χ4n) is 2.16. The van der Waals surface area contributed by atoms with Crippen LogP contribution < -0.4 is 0 Å². The molecule has 0 heterocycles. The van der Waals surface area contributed by atoms with Gasteiger partial charge in [-0.25, -0.2) is 9.68 Å². The second kappa shape index (κ2) is 6.42. The highest BCUT2D eigenvalue weighted by molar-refractivity contribution is 4.84. The third-order valence-corrected chi connectivity index (χ3v) is 2.70. The third kappa shape index (κ3) is 4.28. The van der Waals surface area contributed by atoms with Gasteiger partial charge in [0.15, 0.2) is 0 Å². The highest BCUT2D eigenvalue weighted by Gasteiger charge is 2.38. The molecule has 1 fully saturated rings. The van der Waals surface area contributed by atoms with Crippen molar-refractivity contribution in [1.82, 2.24) is 10.8 Å². The second-order valence-corrected chi connectivity index (χ2v) is 3.92. The molecule has 1 aliphatic carbocycles. The monoisotopic (exact) mass is 238 g/mol. The minimum absolute atomic E-state index is 0.305. The maximum Gasteiger partial charge on any atom is 0.113 e. The largest absolute Gasteiger partial charge is 0.266 e.